The summed E-state index contributed by atoms with van der Waals surface area (Å²) in [5.74, 6) is -0.569. The first-order chi connectivity index (χ1) is 8.69. The monoisotopic (exact) mass is 246 g/mol. The number of carboxylic acid groups (broad SMARTS) is 1. The summed E-state index contributed by atoms with van der Waals surface area (Å²) in [7, 11) is 1.52. The van der Waals surface area contributed by atoms with Crippen molar-refractivity contribution >= 4 is 5.97 Å². The maximum atomic E-state index is 11.2. The summed E-state index contributed by atoms with van der Waals surface area (Å²) < 4.78 is 6.81. The molecule has 0 bridgehead atoms. The van der Waals surface area contributed by atoms with Gasteiger partial charge in [0.2, 0.25) is 5.88 Å². The van der Waals surface area contributed by atoms with E-state index in [1.807, 2.05) is 37.3 Å². The molecule has 0 saturated heterocycles. The fraction of sp³-hybridized carbons (Fsp3) is 0.231. The molecule has 94 valence electrons. The minimum absolute atomic E-state index is 0.0400. The maximum Gasteiger partial charge on any atom is 0.356 e. The van der Waals surface area contributed by atoms with Crippen LogP contribution in [0.2, 0.25) is 0 Å². The molecule has 0 aliphatic carbocycles. The zero-order chi connectivity index (χ0) is 13.1. The lowest BCUT2D eigenvalue weighted by atomic mass is 10.2. The molecule has 0 saturated carbocycles. The van der Waals surface area contributed by atoms with Gasteiger partial charge in [-0.3, -0.25) is 0 Å². The van der Waals surface area contributed by atoms with Crippen LogP contribution in [0.25, 0.3) is 5.69 Å². The van der Waals surface area contributed by atoms with Crippen LogP contribution >= 0.6 is 0 Å². The maximum absolute atomic E-state index is 11.2. The Balaban J connectivity index is 2.65. The molecule has 0 spiro atoms. The van der Waals surface area contributed by atoms with Gasteiger partial charge in [-0.2, -0.15) is 9.78 Å². The summed E-state index contributed by atoms with van der Waals surface area (Å²) in [6, 6.07) is 9.31. The first kappa shape index (κ1) is 12.2. The van der Waals surface area contributed by atoms with Crippen molar-refractivity contribution in [2.75, 3.05) is 7.11 Å². The lowest BCUT2D eigenvalue weighted by molar-refractivity contribution is 0.0689. The highest BCUT2D eigenvalue weighted by Crippen LogP contribution is 2.26. The SMILES string of the molecule is CCc1c(C(=O)O)nn(-c2ccccc2)c1OC. The Hall–Kier alpha value is -2.30. The van der Waals surface area contributed by atoms with Crippen LogP contribution in [0.3, 0.4) is 0 Å². The molecule has 2 rings (SSSR count). The Morgan fingerprint density at radius 1 is 1.39 bits per heavy atom. The van der Waals surface area contributed by atoms with Crippen LogP contribution in [0.4, 0.5) is 0 Å². The van der Waals surface area contributed by atoms with E-state index in [4.69, 9.17) is 9.84 Å². The molecule has 0 aliphatic heterocycles. The van der Waals surface area contributed by atoms with E-state index in [-0.39, 0.29) is 5.69 Å². The number of rotatable bonds is 4. The van der Waals surface area contributed by atoms with E-state index in [2.05, 4.69) is 5.10 Å². The van der Waals surface area contributed by atoms with Crippen molar-refractivity contribution in [3.05, 3.63) is 41.6 Å². The minimum atomic E-state index is -1.04. The second-order valence-electron chi connectivity index (χ2n) is 3.74. The molecule has 0 fully saturated rings. The normalized spacial score (nSPS) is 10.3. The van der Waals surface area contributed by atoms with E-state index >= 15 is 0 Å². The lowest BCUT2D eigenvalue weighted by Gasteiger charge is -2.06. The van der Waals surface area contributed by atoms with Crippen molar-refractivity contribution in [2.45, 2.75) is 13.3 Å². The van der Waals surface area contributed by atoms with Gasteiger partial charge in [-0.15, -0.1) is 0 Å². The molecule has 0 atom stereocenters. The summed E-state index contributed by atoms with van der Waals surface area (Å²) in [6.07, 6.45) is 0.553. The zero-order valence-electron chi connectivity index (χ0n) is 10.3. The van der Waals surface area contributed by atoms with E-state index in [1.54, 1.807) is 0 Å². The van der Waals surface area contributed by atoms with Gasteiger partial charge in [-0.1, -0.05) is 25.1 Å². The standard InChI is InChI=1S/C13H14N2O3/c1-3-10-11(13(16)17)14-15(12(10)18-2)9-7-5-4-6-8-9/h4-8H,3H2,1-2H3,(H,16,17). The van der Waals surface area contributed by atoms with Crippen LogP contribution in [0, 0.1) is 0 Å². The van der Waals surface area contributed by atoms with E-state index in [9.17, 15) is 4.79 Å². The van der Waals surface area contributed by atoms with Gasteiger partial charge in [0.05, 0.1) is 12.8 Å². The Morgan fingerprint density at radius 2 is 2.06 bits per heavy atom. The van der Waals surface area contributed by atoms with Crippen LogP contribution in [-0.2, 0) is 6.42 Å². The number of carbonyl (C=O) groups is 1. The Labute approximate surface area is 105 Å². The summed E-state index contributed by atoms with van der Waals surface area (Å²) in [5, 5.41) is 13.3. The van der Waals surface area contributed by atoms with E-state index < -0.39 is 5.97 Å². The molecule has 5 heteroatoms. The highest BCUT2D eigenvalue weighted by atomic mass is 16.5. The van der Waals surface area contributed by atoms with Crippen molar-refractivity contribution < 1.29 is 14.6 Å². The van der Waals surface area contributed by atoms with Crippen LogP contribution in [0.15, 0.2) is 30.3 Å². The van der Waals surface area contributed by atoms with E-state index in [1.165, 1.54) is 11.8 Å². The number of para-hydroxylation sites is 1. The summed E-state index contributed by atoms with van der Waals surface area (Å²) >= 11 is 0. The molecule has 1 aromatic carbocycles. The van der Waals surface area contributed by atoms with Crippen molar-refractivity contribution in [1.82, 2.24) is 9.78 Å². The molecule has 0 radical (unpaired) electrons. The van der Waals surface area contributed by atoms with Gasteiger partial charge in [0.25, 0.3) is 0 Å². The molecular weight excluding hydrogens is 232 g/mol. The van der Waals surface area contributed by atoms with Crippen molar-refractivity contribution in [3.63, 3.8) is 0 Å². The van der Waals surface area contributed by atoms with E-state index in [0.29, 0.717) is 17.9 Å². The first-order valence-electron chi connectivity index (χ1n) is 5.63. The molecule has 0 aliphatic rings. The first-order valence-corrected chi connectivity index (χ1v) is 5.63. The number of carboxylic acids is 1. The average molecular weight is 246 g/mol. The van der Waals surface area contributed by atoms with Gasteiger partial charge in [-0.05, 0) is 18.6 Å². The lowest BCUT2D eigenvalue weighted by Crippen LogP contribution is -2.02. The largest absolute Gasteiger partial charge is 0.481 e. The van der Waals surface area contributed by atoms with E-state index in [0.717, 1.165) is 5.69 Å². The van der Waals surface area contributed by atoms with Crippen molar-refractivity contribution in [1.29, 1.82) is 0 Å². The summed E-state index contributed by atoms with van der Waals surface area (Å²) in [5.41, 5.74) is 1.42. The smallest absolute Gasteiger partial charge is 0.356 e. The second-order valence-corrected chi connectivity index (χ2v) is 3.74. The molecule has 18 heavy (non-hydrogen) atoms. The summed E-state index contributed by atoms with van der Waals surface area (Å²) in [4.78, 5) is 11.2. The number of methoxy groups -OCH3 is 1. The molecule has 0 amide bonds. The Bertz CT molecular complexity index is 561. The molecule has 0 unspecified atom stereocenters. The number of ether oxygens (including phenoxy) is 1. The molecule has 1 heterocycles. The third kappa shape index (κ3) is 1.95. The Kier molecular flexibility index (Phi) is 3.32. The molecular formula is C13H14N2O3. The molecule has 1 N–H and O–H groups in total. The van der Waals surface area contributed by atoms with Gasteiger partial charge < -0.3 is 9.84 Å². The van der Waals surface area contributed by atoms with Gasteiger partial charge in [0.15, 0.2) is 5.69 Å². The van der Waals surface area contributed by atoms with Crippen LogP contribution < -0.4 is 4.74 Å². The predicted octanol–water partition coefficient (Wildman–Crippen LogP) is 2.14. The Morgan fingerprint density at radius 3 is 2.56 bits per heavy atom. The predicted molar refractivity (Wildman–Crippen MR) is 66.5 cm³/mol. The fourth-order valence-corrected chi connectivity index (χ4v) is 1.88. The number of benzene rings is 1. The zero-order valence-corrected chi connectivity index (χ0v) is 10.3. The third-order valence-corrected chi connectivity index (χ3v) is 2.69. The average Bonchev–Trinajstić information content (AvgIpc) is 2.78. The molecule has 1 aromatic heterocycles. The van der Waals surface area contributed by atoms with Gasteiger partial charge in [0, 0.05) is 5.56 Å². The van der Waals surface area contributed by atoms with Crippen molar-refractivity contribution in [2.24, 2.45) is 0 Å². The number of hydrogen-bond acceptors (Lipinski definition) is 3. The summed E-state index contributed by atoms with van der Waals surface area (Å²) in [6.45, 7) is 1.88. The van der Waals surface area contributed by atoms with Crippen LogP contribution in [-0.4, -0.2) is 28.0 Å². The minimum Gasteiger partial charge on any atom is -0.481 e. The van der Waals surface area contributed by atoms with Crippen LogP contribution in [0.1, 0.15) is 23.0 Å². The number of nitrogens with zero attached hydrogens (tertiary/aromatic N) is 2. The number of aromatic nitrogens is 2. The van der Waals surface area contributed by atoms with Gasteiger partial charge >= 0.3 is 5.97 Å². The quantitative estimate of drug-likeness (QED) is 0.897. The third-order valence-electron chi connectivity index (χ3n) is 2.69. The molecule has 2 aromatic rings. The van der Waals surface area contributed by atoms with Gasteiger partial charge in [-0.25, -0.2) is 4.79 Å². The number of hydrogen-bond donors (Lipinski definition) is 1. The highest BCUT2D eigenvalue weighted by Gasteiger charge is 2.22. The topological polar surface area (TPSA) is 64.3 Å². The van der Waals surface area contributed by atoms with Crippen LogP contribution in [0.5, 0.6) is 5.88 Å². The van der Waals surface area contributed by atoms with Crippen molar-refractivity contribution in [3.8, 4) is 11.6 Å². The molecule has 5 nitrogen and oxygen atoms in total. The van der Waals surface area contributed by atoms with Gasteiger partial charge in [0.1, 0.15) is 0 Å². The highest BCUT2D eigenvalue weighted by molar-refractivity contribution is 5.88. The number of aromatic carboxylic acids is 1. The fourth-order valence-electron chi connectivity index (χ4n) is 1.88. The second kappa shape index (κ2) is 4.91.